The van der Waals surface area contributed by atoms with Gasteiger partial charge in [0.15, 0.2) is 5.82 Å². The SMILES string of the molecule is CC1(C)OB(c2ccc(-c3ccc(-c4nc(-c5cc(-c6ccccc6)cc(-c6ccccc6)c5)c5ccccc5n4)cc3)cc2)OC1(C)C. The van der Waals surface area contributed by atoms with E-state index < -0.39 is 0 Å². The maximum atomic E-state index is 6.25. The molecule has 0 bridgehead atoms. The topological polar surface area (TPSA) is 44.2 Å². The number of para-hydroxylation sites is 1. The zero-order valence-corrected chi connectivity index (χ0v) is 28.2. The van der Waals surface area contributed by atoms with Gasteiger partial charge in [0.2, 0.25) is 0 Å². The van der Waals surface area contributed by atoms with E-state index in [4.69, 9.17) is 19.3 Å². The quantitative estimate of drug-likeness (QED) is 0.171. The molecule has 0 radical (unpaired) electrons. The Morgan fingerprint density at radius 3 is 1.45 bits per heavy atom. The molecular weight excluding hydrogens is 599 g/mol. The molecule has 0 unspecified atom stereocenters. The van der Waals surface area contributed by atoms with Crippen molar-refractivity contribution in [1.82, 2.24) is 9.97 Å². The van der Waals surface area contributed by atoms with Crippen molar-refractivity contribution < 1.29 is 9.31 Å². The second-order valence-electron chi connectivity index (χ2n) is 13.7. The molecule has 0 amide bonds. The van der Waals surface area contributed by atoms with Crippen LogP contribution in [0.2, 0.25) is 0 Å². The van der Waals surface area contributed by atoms with Crippen LogP contribution in [0.1, 0.15) is 27.7 Å². The summed E-state index contributed by atoms with van der Waals surface area (Å²) in [5.41, 5.74) is 11.0. The van der Waals surface area contributed by atoms with Crippen molar-refractivity contribution in [1.29, 1.82) is 0 Å². The molecule has 4 nitrogen and oxygen atoms in total. The van der Waals surface area contributed by atoms with Crippen LogP contribution in [0.25, 0.3) is 66.9 Å². The lowest BCUT2D eigenvalue weighted by Crippen LogP contribution is -2.41. The van der Waals surface area contributed by atoms with Gasteiger partial charge in [0.1, 0.15) is 0 Å². The number of fused-ring (bicyclic) bond motifs is 1. The molecule has 0 spiro atoms. The molecule has 1 fully saturated rings. The molecule has 1 aliphatic rings. The molecule has 7 aromatic rings. The lowest BCUT2D eigenvalue weighted by atomic mass is 9.78. The first kappa shape index (κ1) is 30.9. The van der Waals surface area contributed by atoms with E-state index in [1.54, 1.807) is 0 Å². The first-order valence-electron chi connectivity index (χ1n) is 16.8. The molecule has 0 aliphatic carbocycles. The zero-order valence-electron chi connectivity index (χ0n) is 28.2. The average Bonchev–Trinajstić information content (AvgIpc) is 3.37. The molecule has 238 valence electrons. The van der Waals surface area contributed by atoms with Gasteiger partial charge in [0.05, 0.1) is 22.4 Å². The van der Waals surface area contributed by atoms with Crippen LogP contribution in [-0.2, 0) is 9.31 Å². The van der Waals surface area contributed by atoms with Crippen molar-refractivity contribution in [2.75, 3.05) is 0 Å². The smallest absolute Gasteiger partial charge is 0.399 e. The fourth-order valence-electron chi connectivity index (χ4n) is 6.41. The summed E-state index contributed by atoms with van der Waals surface area (Å²) < 4.78 is 12.5. The molecule has 2 heterocycles. The molecule has 5 heteroatoms. The van der Waals surface area contributed by atoms with Crippen LogP contribution in [-0.4, -0.2) is 28.3 Å². The lowest BCUT2D eigenvalue weighted by Gasteiger charge is -2.32. The van der Waals surface area contributed by atoms with Crippen molar-refractivity contribution >= 4 is 23.5 Å². The minimum Gasteiger partial charge on any atom is -0.399 e. The zero-order chi connectivity index (χ0) is 33.6. The molecule has 0 atom stereocenters. The molecule has 1 aromatic heterocycles. The van der Waals surface area contributed by atoms with Gasteiger partial charge in [0.25, 0.3) is 0 Å². The highest BCUT2D eigenvalue weighted by atomic mass is 16.7. The predicted molar refractivity (Wildman–Crippen MR) is 202 cm³/mol. The van der Waals surface area contributed by atoms with Crippen LogP contribution in [0, 0.1) is 0 Å². The van der Waals surface area contributed by atoms with Gasteiger partial charge in [-0.2, -0.15) is 0 Å². The molecule has 0 N–H and O–H groups in total. The van der Waals surface area contributed by atoms with Crippen molar-refractivity contribution in [3.63, 3.8) is 0 Å². The fraction of sp³-hybridized carbons (Fsp3) is 0.136. The summed E-state index contributed by atoms with van der Waals surface area (Å²) in [5.74, 6) is 0.697. The van der Waals surface area contributed by atoms with Crippen LogP contribution in [0.3, 0.4) is 0 Å². The Hall–Kier alpha value is -5.36. The highest BCUT2D eigenvalue weighted by Gasteiger charge is 2.51. The van der Waals surface area contributed by atoms with Gasteiger partial charge in [-0.05, 0) is 90.8 Å². The Balaban J connectivity index is 1.16. The van der Waals surface area contributed by atoms with E-state index in [-0.39, 0.29) is 18.3 Å². The largest absolute Gasteiger partial charge is 0.494 e. The van der Waals surface area contributed by atoms with Gasteiger partial charge < -0.3 is 9.31 Å². The molecule has 1 aliphatic heterocycles. The van der Waals surface area contributed by atoms with E-state index in [1.165, 1.54) is 11.1 Å². The van der Waals surface area contributed by atoms with E-state index in [0.29, 0.717) is 5.82 Å². The molecule has 6 aromatic carbocycles. The molecule has 0 saturated carbocycles. The normalized spacial score (nSPS) is 15.1. The summed E-state index contributed by atoms with van der Waals surface area (Å²) in [6.45, 7) is 8.31. The Bertz CT molecular complexity index is 2190. The first-order chi connectivity index (χ1) is 23.7. The van der Waals surface area contributed by atoms with E-state index in [0.717, 1.165) is 55.4 Å². The van der Waals surface area contributed by atoms with Gasteiger partial charge in [-0.25, -0.2) is 9.97 Å². The van der Waals surface area contributed by atoms with Crippen molar-refractivity contribution in [2.45, 2.75) is 38.9 Å². The highest BCUT2D eigenvalue weighted by Crippen LogP contribution is 2.38. The molecular formula is C44H37BN2O2. The summed E-state index contributed by atoms with van der Waals surface area (Å²) in [5, 5.41) is 1.02. The summed E-state index contributed by atoms with van der Waals surface area (Å²) >= 11 is 0. The van der Waals surface area contributed by atoms with Gasteiger partial charge in [0, 0.05) is 16.5 Å². The predicted octanol–water partition coefficient (Wildman–Crippen LogP) is 10.3. The van der Waals surface area contributed by atoms with Crippen LogP contribution in [0.15, 0.2) is 152 Å². The fourth-order valence-corrected chi connectivity index (χ4v) is 6.41. The van der Waals surface area contributed by atoms with Crippen LogP contribution in [0.5, 0.6) is 0 Å². The maximum Gasteiger partial charge on any atom is 0.494 e. The number of hydrogen-bond donors (Lipinski definition) is 0. The third-order valence-electron chi connectivity index (χ3n) is 9.94. The lowest BCUT2D eigenvalue weighted by molar-refractivity contribution is 0.00578. The minimum absolute atomic E-state index is 0.369. The second kappa shape index (κ2) is 12.3. The van der Waals surface area contributed by atoms with E-state index >= 15 is 0 Å². The molecule has 49 heavy (non-hydrogen) atoms. The second-order valence-corrected chi connectivity index (χ2v) is 13.7. The van der Waals surface area contributed by atoms with E-state index in [1.807, 2.05) is 6.07 Å². The average molecular weight is 637 g/mol. The molecule has 8 rings (SSSR count). The van der Waals surface area contributed by atoms with Crippen molar-refractivity contribution in [2.24, 2.45) is 0 Å². The Morgan fingerprint density at radius 1 is 0.429 bits per heavy atom. The maximum absolute atomic E-state index is 6.25. The van der Waals surface area contributed by atoms with E-state index in [9.17, 15) is 0 Å². The standard InChI is InChI=1S/C44H37BN2O2/c1-43(2)44(3,4)49-45(48-43)38-25-23-33(24-26-38)32-19-21-34(22-20-32)42-46-40-18-12-11-17-39(40)41(47-42)37-28-35(30-13-7-5-8-14-30)27-36(29-37)31-15-9-6-10-16-31/h5-29H,1-4H3. The van der Waals surface area contributed by atoms with Crippen molar-refractivity contribution in [3.05, 3.63) is 152 Å². The van der Waals surface area contributed by atoms with Gasteiger partial charge in [-0.1, -0.05) is 127 Å². The monoisotopic (exact) mass is 636 g/mol. The Labute approximate surface area is 288 Å². The Kier molecular flexibility index (Phi) is 7.75. The van der Waals surface area contributed by atoms with Crippen LogP contribution in [0.4, 0.5) is 0 Å². The van der Waals surface area contributed by atoms with Crippen LogP contribution >= 0.6 is 0 Å². The number of benzene rings is 6. The third-order valence-corrected chi connectivity index (χ3v) is 9.94. The number of aromatic nitrogens is 2. The number of nitrogens with zero attached hydrogens (tertiary/aromatic N) is 2. The summed E-state index contributed by atoms with van der Waals surface area (Å²) in [6, 6.07) is 53.1. The number of hydrogen-bond acceptors (Lipinski definition) is 4. The summed E-state index contributed by atoms with van der Waals surface area (Å²) in [6.07, 6.45) is 0. The van der Waals surface area contributed by atoms with Gasteiger partial charge in [-0.15, -0.1) is 0 Å². The molecule has 1 saturated heterocycles. The van der Waals surface area contributed by atoms with Gasteiger partial charge in [-0.3, -0.25) is 0 Å². The minimum atomic E-state index is -0.377. The van der Waals surface area contributed by atoms with Gasteiger partial charge >= 0.3 is 7.12 Å². The highest BCUT2D eigenvalue weighted by molar-refractivity contribution is 6.62. The summed E-state index contributed by atoms with van der Waals surface area (Å²) in [7, 11) is -0.377. The van der Waals surface area contributed by atoms with Crippen molar-refractivity contribution in [3.8, 4) is 56.0 Å². The Morgan fingerprint density at radius 2 is 0.878 bits per heavy atom. The third kappa shape index (κ3) is 5.97. The first-order valence-corrected chi connectivity index (χ1v) is 16.8. The summed E-state index contributed by atoms with van der Waals surface area (Å²) in [4.78, 5) is 10.3. The van der Waals surface area contributed by atoms with Crippen LogP contribution < -0.4 is 5.46 Å². The van der Waals surface area contributed by atoms with E-state index in [2.05, 4.69) is 173 Å². The number of rotatable bonds is 6.